The van der Waals surface area contributed by atoms with E-state index in [0.29, 0.717) is 35.0 Å². The molecule has 3 amide bonds. The minimum Gasteiger partial charge on any atom is -0.497 e. The first-order chi connectivity index (χ1) is 17.6. The third-order valence-corrected chi connectivity index (χ3v) is 6.14. The zero-order valence-electron chi connectivity index (χ0n) is 20.7. The van der Waals surface area contributed by atoms with Crippen LogP contribution in [0.15, 0.2) is 66.7 Å². The number of ether oxygens (including phenoxy) is 2. The molecule has 1 aliphatic heterocycles. The lowest BCUT2D eigenvalue weighted by Crippen LogP contribution is -2.29. The van der Waals surface area contributed by atoms with Crippen molar-refractivity contribution in [2.24, 2.45) is 0 Å². The first kappa shape index (κ1) is 24.9. The third-order valence-electron chi connectivity index (χ3n) is 6.14. The van der Waals surface area contributed by atoms with Crippen molar-refractivity contribution in [3.8, 4) is 11.5 Å². The van der Waals surface area contributed by atoms with Gasteiger partial charge in [-0.2, -0.15) is 0 Å². The summed E-state index contributed by atoms with van der Waals surface area (Å²) in [5, 5.41) is 8.66. The van der Waals surface area contributed by atoms with Gasteiger partial charge in [-0.1, -0.05) is 30.3 Å². The van der Waals surface area contributed by atoms with E-state index in [0.717, 1.165) is 38.0 Å². The van der Waals surface area contributed by atoms with Gasteiger partial charge in [-0.15, -0.1) is 0 Å². The zero-order valence-corrected chi connectivity index (χ0v) is 20.7. The van der Waals surface area contributed by atoms with Crippen LogP contribution in [0.1, 0.15) is 28.8 Å². The van der Waals surface area contributed by atoms with Crippen LogP contribution in [0.2, 0.25) is 0 Å². The summed E-state index contributed by atoms with van der Waals surface area (Å²) in [7, 11) is 3.09. The molecule has 1 fully saturated rings. The fourth-order valence-corrected chi connectivity index (χ4v) is 4.28. The topological polar surface area (TPSA) is 91.9 Å². The number of rotatable bonds is 9. The second kappa shape index (κ2) is 12.0. The predicted molar refractivity (Wildman–Crippen MR) is 143 cm³/mol. The number of anilines is 3. The number of carbonyl (C=O) groups is 2. The normalized spacial score (nSPS) is 12.7. The highest BCUT2D eigenvalue weighted by atomic mass is 16.5. The monoisotopic (exact) mass is 488 g/mol. The second-order valence-corrected chi connectivity index (χ2v) is 8.56. The van der Waals surface area contributed by atoms with Gasteiger partial charge in [0.1, 0.15) is 11.5 Å². The predicted octanol–water partition coefficient (Wildman–Crippen LogP) is 4.92. The number of methoxy groups -OCH3 is 2. The average Bonchev–Trinajstić information content (AvgIpc) is 3.44. The van der Waals surface area contributed by atoms with Crippen molar-refractivity contribution < 1.29 is 19.1 Å². The molecule has 0 aliphatic carbocycles. The Morgan fingerprint density at radius 2 is 1.67 bits per heavy atom. The van der Waals surface area contributed by atoms with Gasteiger partial charge in [0.25, 0.3) is 5.91 Å². The Morgan fingerprint density at radius 1 is 0.889 bits per heavy atom. The van der Waals surface area contributed by atoms with Crippen molar-refractivity contribution >= 4 is 29.0 Å². The maximum absolute atomic E-state index is 13.2. The molecule has 0 aromatic heterocycles. The molecule has 0 atom stereocenters. The highest BCUT2D eigenvalue weighted by Gasteiger charge is 2.20. The molecule has 3 aromatic carbocycles. The van der Waals surface area contributed by atoms with Crippen LogP contribution in [0.3, 0.4) is 0 Å². The van der Waals surface area contributed by atoms with Crippen molar-refractivity contribution in [2.75, 3.05) is 49.4 Å². The van der Waals surface area contributed by atoms with E-state index in [1.54, 1.807) is 31.4 Å². The van der Waals surface area contributed by atoms with Crippen LogP contribution in [0.5, 0.6) is 11.5 Å². The van der Waals surface area contributed by atoms with Gasteiger partial charge in [-0.05, 0) is 55.2 Å². The van der Waals surface area contributed by atoms with Gasteiger partial charge in [0, 0.05) is 37.1 Å². The van der Waals surface area contributed by atoms with Gasteiger partial charge in [0.05, 0.1) is 25.5 Å². The summed E-state index contributed by atoms with van der Waals surface area (Å²) in [6.07, 6.45) is 2.94. The fourth-order valence-electron chi connectivity index (χ4n) is 4.28. The molecule has 0 saturated carbocycles. The number of nitrogens with one attached hydrogen (secondary N) is 3. The Balaban J connectivity index is 1.47. The van der Waals surface area contributed by atoms with Crippen LogP contribution in [0, 0.1) is 0 Å². The summed E-state index contributed by atoms with van der Waals surface area (Å²) in [4.78, 5) is 28.1. The maximum Gasteiger partial charge on any atom is 0.323 e. The first-order valence-corrected chi connectivity index (χ1v) is 12.1. The lowest BCUT2D eigenvalue weighted by molar-refractivity contribution is 0.0954. The minimum atomic E-state index is -0.442. The van der Waals surface area contributed by atoms with E-state index in [1.807, 2.05) is 42.5 Å². The highest BCUT2D eigenvalue weighted by molar-refractivity contribution is 6.04. The smallest absolute Gasteiger partial charge is 0.323 e. The van der Waals surface area contributed by atoms with E-state index in [9.17, 15) is 9.59 Å². The molecule has 36 heavy (non-hydrogen) atoms. The van der Waals surface area contributed by atoms with Gasteiger partial charge in [-0.3, -0.25) is 4.79 Å². The molecule has 8 nitrogen and oxygen atoms in total. The Labute approximate surface area is 211 Å². The number of hydrogen-bond acceptors (Lipinski definition) is 5. The Bertz CT molecular complexity index is 1190. The van der Waals surface area contributed by atoms with E-state index >= 15 is 0 Å². The molecular weight excluding hydrogens is 456 g/mol. The van der Waals surface area contributed by atoms with Gasteiger partial charge in [0.2, 0.25) is 0 Å². The van der Waals surface area contributed by atoms with Crippen LogP contribution in [0.25, 0.3) is 0 Å². The van der Waals surface area contributed by atoms with Crippen molar-refractivity contribution in [3.05, 3.63) is 77.9 Å². The Kier molecular flexibility index (Phi) is 8.28. The molecular formula is C28H32N4O4. The van der Waals surface area contributed by atoms with Crippen molar-refractivity contribution in [3.63, 3.8) is 0 Å². The van der Waals surface area contributed by atoms with Crippen molar-refractivity contribution in [2.45, 2.75) is 19.3 Å². The summed E-state index contributed by atoms with van der Waals surface area (Å²) in [6, 6.07) is 20.2. The molecule has 3 N–H and O–H groups in total. The molecule has 8 heteroatoms. The standard InChI is InChI=1S/C28H32N4O4/c1-35-22-11-12-24(26(19-22)36-2)31-28(34)30-21-10-13-25(32-16-6-7-17-32)23(18-21)27(33)29-15-14-20-8-4-3-5-9-20/h3-5,8-13,18-19H,6-7,14-17H2,1-2H3,(H,29,33)(H2,30,31,34). The first-order valence-electron chi connectivity index (χ1n) is 12.1. The van der Waals surface area contributed by atoms with Gasteiger partial charge >= 0.3 is 6.03 Å². The van der Waals surface area contributed by atoms with Gasteiger partial charge in [0.15, 0.2) is 0 Å². The van der Waals surface area contributed by atoms with E-state index in [1.165, 1.54) is 12.7 Å². The minimum absolute atomic E-state index is 0.159. The summed E-state index contributed by atoms with van der Waals surface area (Å²) in [5.74, 6) is 0.944. The quantitative estimate of drug-likeness (QED) is 0.398. The molecule has 1 saturated heterocycles. The molecule has 0 radical (unpaired) electrons. The number of amides is 3. The lowest BCUT2D eigenvalue weighted by atomic mass is 10.1. The van der Waals surface area contributed by atoms with Crippen LogP contribution in [0.4, 0.5) is 21.9 Å². The average molecular weight is 489 g/mol. The zero-order chi connectivity index (χ0) is 25.3. The number of hydrogen-bond donors (Lipinski definition) is 3. The second-order valence-electron chi connectivity index (χ2n) is 8.56. The largest absolute Gasteiger partial charge is 0.497 e. The molecule has 188 valence electrons. The number of carbonyl (C=O) groups excluding carboxylic acids is 2. The SMILES string of the molecule is COc1ccc(NC(=O)Nc2ccc(N3CCCC3)c(C(=O)NCCc3ccccc3)c2)c(OC)c1. The molecule has 1 aliphatic rings. The number of benzene rings is 3. The maximum atomic E-state index is 13.2. The van der Waals surface area contributed by atoms with Crippen LogP contribution < -0.4 is 30.3 Å². The summed E-state index contributed by atoms with van der Waals surface area (Å²) in [6.45, 7) is 2.35. The lowest BCUT2D eigenvalue weighted by Gasteiger charge is -2.22. The number of nitrogens with zero attached hydrogens (tertiary/aromatic N) is 1. The van der Waals surface area contributed by atoms with Gasteiger partial charge < -0.3 is 30.3 Å². The Hall–Kier alpha value is -4.20. The van der Waals surface area contributed by atoms with Crippen LogP contribution in [-0.2, 0) is 6.42 Å². The molecule has 0 unspecified atom stereocenters. The molecule has 4 rings (SSSR count). The third kappa shape index (κ3) is 6.27. The highest BCUT2D eigenvalue weighted by Crippen LogP contribution is 2.30. The van der Waals surface area contributed by atoms with Crippen molar-refractivity contribution in [1.82, 2.24) is 5.32 Å². The van der Waals surface area contributed by atoms with Crippen LogP contribution in [-0.4, -0.2) is 45.8 Å². The summed E-state index contributed by atoms with van der Waals surface area (Å²) < 4.78 is 10.6. The number of urea groups is 1. The molecule has 1 heterocycles. The van der Waals surface area contributed by atoms with E-state index in [2.05, 4.69) is 20.9 Å². The molecule has 0 bridgehead atoms. The fraction of sp³-hybridized carbons (Fsp3) is 0.286. The van der Waals surface area contributed by atoms with Crippen LogP contribution >= 0.6 is 0 Å². The summed E-state index contributed by atoms with van der Waals surface area (Å²) in [5.41, 5.74) is 3.62. The molecule has 0 spiro atoms. The summed E-state index contributed by atoms with van der Waals surface area (Å²) >= 11 is 0. The van der Waals surface area contributed by atoms with E-state index in [-0.39, 0.29) is 5.91 Å². The Morgan fingerprint density at radius 3 is 2.39 bits per heavy atom. The molecule has 3 aromatic rings. The van der Waals surface area contributed by atoms with Gasteiger partial charge in [-0.25, -0.2) is 4.79 Å². The van der Waals surface area contributed by atoms with Crippen molar-refractivity contribution in [1.29, 1.82) is 0 Å². The van der Waals surface area contributed by atoms with E-state index < -0.39 is 6.03 Å². The van der Waals surface area contributed by atoms with E-state index in [4.69, 9.17) is 9.47 Å².